The van der Waals surface area contributed by atoms with E-state index in [0.29, 0.717) is 11.5 Å². The average molecular weight is 312 g/mol. The molecule has 0 aromatic heterocycles. The van der Waals surface area contributed by atoms with E-state index in [1.165, 1.54) is 0 Å². The van der Waals surface area contributed by atoms with Gasteiger partial charge in [-0.15, -0.1) is 0 Å². The summed E-state index contributed by atoms with van der Waals surface area (Å²) in [5.74, 6) is 0.699. The smallest absolute Gasteiger partial charge is 0.251 e. The van der Waals surface area contributed by atoms with E-state index in [0.717, 1.165) is 43.5 Å². The van der Waals surface area contributed by atoms with Crippen molar-refractivity contribution in [3.05, 3.63) is 34.3 Å². The Morgan fingerprint density at radius 1 is 1.39 bits per heavy atom. The lowest BCUT2D eigenvalue weighted by Gasteiger charge is -2.21. The quantitative estimate of drug-likeness (QED) is 0.928. The molecule has 98 valence electrons. The molecule has 1 heterocycles. The van der Waals surface area contributed by atoms with Gasteiger partial charge in [-0.05, 0) is 43.4 Å². The van der Waals surface area contributed by atoms with Crippen LogP contribution < -0.4 is 5.32 Å². The highest BCUT2D eigenvalue weighted by molar-refractivity contribution is 9.10. The van der Waals surface area contributed by atoms with Crippen molar-refractivity contribution < 1.29 is 9.53 Å². The van der Waals surface area contributed by atoms with Crippen molar-refractivity contribution >= 4 is 21.8 Å². The van der Waals surface area contributed by atoms with E-state index in [9.17, 15) is 4.79 Å². The summed E-state index contributed by atoms with van der Waals surface area (Å²) in [6.45, 7) is 2.48. The predicted molar refractivity (Wildman–Crippen MR) is 74.6 cm³/mol. The van der Waals surface area contributed by atoms with Gasteiger partial charge in [0, 0.05) is 29.8 Å². The molecule has 0 spiro atoms. The number of amides is 1. The Balaban J connectivity index is 1.74. The number of ether oxygens (including phenoxy) is 1. The second-order valence-electron chi connectivity index (χ2n) is 4.61. The molecular formula is C14H18BrNO2. The van der Waals surface area contributed by atoms with E-state index in [4.69, 9.17) is 4.74 Å². The molecule has 4 heteroatoms. The fourth-order valence-electron chi connectivity index (χ4n) is 2.16. The number of hydrogen-bond donors (Lipinski definition) is 1. The van der Waals surface area contributed by atoms with Gasteiger partial charge in [0.1, 0.15) is 0 Å². The maximum atomic E-state index is 11.9. The van der Waals surface area contributed by atoms with Crippen molar-refractivity contribution in [1.82, 2.24) is 5.32 Å². The molecule has 0 atom stereocenters. The molecule has 1 amide bonds. The van der Waals surface area contributed by atoms with Crippen molar-refractivity contribution in [3.63, 3.8) is 0 Å². The highest BCUT2D eigenvalue weighted by atomic mass is 79.9. The Kier molecular flexibility index (Phi) is 5.20. The molecule has 2 rings (SSSR count). The van der Waals surface area contributed by atoms with E-state index >= 15 is 0 Å². The van der Waals surface area contributed by atoms with Crippen molar-refractivity contribution in [2.45, 2.75) is 19.3 Å². The molecule has 1 N–H and O–H groups in total. The first-order valence-electron chi connectivity index (χ1n) is 6.37. The van der Waals surface area contributed by atoms with E-state index < -0.39 is 0 Å². The fraction of sp³-hybridized carbons (Fsp3) is 0.500. The molecule has 1 saturated heterocycles. The SMILES string of the molecule is O=C(NCCC1CCOCC1)c1cccc(Br)c1. The van der Waals surface area contributed by atoms with E-state index in [-0.39, 0.29) is 5.91 Å². The van der Waals surface area contributed by atoms with E-state index in [2.05, 4.69) is 21.2 Å². The normalized spacial score (nSPS) is 16.5. The van der Waals surface area contributed by atoms with Crippen LogP contribution in [-0.2, 0) is 4.74 Å². The Hall–Kier alpha value is -0.870. The second kappa shape index (κ2) is 6.90. The summed E-state index contributed by atoms with van der Waals surface area (Å²) in [6.07, 6.45) is 3.28. The average Bonchev–Trinajstić information content (AvgIpc) is 2.40. The molecule has 1 aliphatic heterocycles. The summed E-state index contributed by atoms with van der Waals surface area (Å²) < 4.78 is 6.25. The third kappa shape index (κ3) is 4.10. The highest BCUT2D eigenvalue weighted by Gasteiger charge is 2.14. The van der Waals surface area contributed by atoms with Crippen LogP contribution in [0.25, 0.3) is 0 Å². The molecule has 0 saturated carbocycles. The number of nitrogens with one attached hydrogen (secondary N) is 1. The molecule has 0 unspecified atom stereocenters. The monoisotopic (exact) mass is 311 g/mol. The van der Waals surface area contributed by atoms with E-state index in [1.807, 2.05) is 24.3 Å². The molecule has 1 aliphatic rings. The third-order valence-corrected chi connectivity index (χ3v) is 3.76. The Labute approximate surface area is 116 Å². The van der Waals surface area contributed by atoms with Crippen molar-refractivity contribution in [2.75, 3.05) is 19.8 Å². The van der Waals surface area contributed by atoms with Crippen LogP contribution in [0.5, 0.6) is 0 Å². The summed E-state index contributed by atoms with van der Waals surface area (Å²) in [5.41, 5.74) is 0.705. The topological polar surface area (TPSA) is 38.3 Å². The summed E-state index contributed by atoms with van der Waals surface area (Å²) in [7, 11) is 0. The Morgan fingerprint density at radius 2 is 2.17 bits per heavy atom. The van der Waals surface area contributed by atoms with Gasteiger partial charge in [-0.3, -0.25) is 4.79 Å². The number of rotatable bonds is 4. The molecule has 1 fully saturated rings. The van der Waals surface area contributed by atoms with Crippen LogP contribution in [0, 0.1) is 5.92 Å². The summed E-state index contributed by atoms with van der Waals surface area (Å²) in [4.78, 5) is 11.9. The zero-order valence-electron chi connectivity index (χ0n) is 10.3. The van der Waals surface area contributed by atoms with Gasteiger partial charge in [0.15, 0.2) is 0 Å². The third-order valence-electron chi connectivity index (χ3n) is 3.27. The van der Waals surface area contributed by atoms with Crippen LogP contribution in [0.2, 0.25) is 0 Å². The number of carbonyl (C=O) groups is 1. The molecular weight excluding hydrogens is 294 g/mol. The van der Waals surface area contributed by atoms with Crippen LogP contribution in [0.1, 0.15) is 29.6 Å². The Bertz CT molecular complexity index is 403. The maximum Gasteiger partial charge on any atom is 0.251 e. The molecule has 18 heavy (non-hydrogen) atoms. The zero-order valence-corrected chi connectivity index (χ0v) is 11.9. The van der Waals surface area contributed by atoms with Gasteiger partial charge in [-0.2, -0.15) is 0 Å². The van der Waals surface area contributed by atoms with Crippen molar-refractivity contribution in [1.29, 1.82) is 0 Å². The van der Waals surface area contributed by atoms with Gasteiger partial charge in [0.05, 0.1) is 0 Å². The second-order valence-corrected chi connectivity index (χ2v) is 5.53. The first-order chi connectivity index (χ1) is 8.75. The minimum Gasteiger partial charge on any atom is -0.381 e. The van der Waals surface area contributed by atoms with Gasteiger partial charge in [0.25, 0.3) is 5.91 Å². The van der Waals surface area contributed by atoms with Crippen LogP contribution in [0.15, 0.2) is 28.7 Å². The standard InChI is InChI=1S/C14H18BrNO2/c15-13-3-1-2-12(10-13)14(17)16-7-4-11-5-8-18-9-6-11/h1-3,10-11H,4-9H2,(H,16,17). The van der Waals surface area contributed by atoms with Crippen LogP contribution in [-0.4, -0.2) is 25.7 Å². The number of halogens is 1. The van der Waals surface area contributed by atoms with Crippen molar-refractivity contribution in [3.8, 4) is 0 Å². The van der Waals surface area contributed by atoms with Gasteiger partial charge >= 0.3 is 0 Å². The largest absolute Gasteiger partial charge is 0.381 e. The van der Waals surface area contributed by atoms with Crippen LogP contribution in [0.3, 0.4) is 0 Å². The van der Waals surface area contributed by atoms with Crippen molar-refractivity contribution in [2.24, 2.45) is 5.92 Å². The van der Waals surface area contributed by atoms with Gasteiger partial charge in [-0.25, -0.2) is 0 Å². The van der Waals surface area contributed by atoms with Gasteiger partial charge < -0.3 is 10.1 Å². The predicted octanol–water partition coefficient (Wildman–Crippen LogP) is 3.00. The van der Waals surface area contributed by atoms with Gasteiger partial charge in [-0.1, -0.05) is 22.0 Å². The molecule has 0 aliphatic carbocycles. The lowest BCUT2D eigenvalue weighted by atomic mass is 9.97. The first kappa shape index (κ1) is 13.6. The number of benzene rings is 1. The van der Waals surface area contributed by atoms with Crippen LogP contribution in [0.4, 0.5) is 0 Å². The first-order valence-corrected chi connectivity index (χ1v) is 7.16. The zero-order chi connectivity index (χ0) is 12.8. The molecule has 1 aromatic rings. The summed E-state index contributed by atoms with van der Waals surface area (Å²) in [5, 5.41) is 2.97. The van der Waals surface area contributed by atoms with E-state index in [1.54, 1.807) is 0 Å². The fourth-order valence-corrected chi connectivity index (χ4v) is 2.56. The van der Waals surface area contributed by atoms with Gasteiger partial charge in [0.2, 0.25) is 0 Å². The van der Waals surface area contributed by atoms with Crippen LogP contribution >= 0.6 is 15.9 Å². The number of hydrogen-bond acceptors (Lipinski definition) is 2. The molecule has 0 radical (unpaired) electrons. The number of carbonyl (C=O) groups excluding carboxylic acids is 1. The lowest BCUT2D eigenvalue weighted by Crippen LogP contribution is -2.27. The summed E-state index contributed by atoms with van der Waals surface area (Å²) >= 11 is 3.37. The maximum absolute atomic E-state index is 11.9. The summed E-state index contributed by atoms with van der Waals surface area (Å²) in [6, 6.07) is 7.45. The molecule has 1 aromatic carbocycles. The minimum absolute atomic E-state index is 0.00311. The Morgan fingerprint density at radius 3 is 2.89 bits per heavy atom. The lowest BCUT2D eigenvalue weighted by molar-refractivity contribution is 0.0636. The minimum atomic E-state index is 0.00311. The molecule has 3 nitrogen and oxygen atoms in total. The highest BCUT2D eigenvalue weighted by Crippen LogP contribution is 2.17. The molecule has 0 bridgehead atoms.